The highest BCUT2D eigenvalue weighted by atomic mass is 16.5. The maximum atomic E-state index is 11.3. The molecule has 0 aliphatic carbocycles. The second-order valence-corrected chi connectivity index (χ2v) is 10.2. The lowest BCUT2D eigenvalue weighted by atomic mass is 9.99. The van der Waals surface area contributed by atoms with Crippen LogP contribution in [0.1, 0.15) is 27.8 Å². The number of benzene rings is 3. The van der Waals surface area contributed by atoms with Crippen LogP contribution in [0.15, 0.2) is 60.8 Å². The molecule has 1 fully saturated rings. The Hall–Kier alpha value is -3.76. The molecule has 1 aliphatic heterocycles. The van der Waals surface area contributed by atoms with E-state index in [0.29, 0.717) is 16.9 Å². The van der Waals surface area contributed by atoms with Crippen LogP contribution in [0.25, 0.3) is 22.0 Å². The number of anilines is 2. The van der Waals surface area contributed by atoms with Gasteiger partial charge >= 0.3 is 0 Å². The van der Waals surface area contributed by atoms with E-state index in [-0.39, 0.29) is 0 Å². The third-order valence-corrected chi connectivity index (χ3v) is 7.59. The predicted molar refractivity (Wildman–Crippen MR) is 149 cm³/mol. The number of nitrogens with zero attached hydrogens (tertiary/aromatic N) is 5. The third kappa shape index (κ3) is 5.07. The Balaban J connectivity index is 1.50. The Morgan fingerprint density at radius 2 is 1.65 bits per heavy atom. The van der Waals surface area contributed by atoms with Crippen molar-refractivity contribution in [1.82, 2.24) is 14.8 Å². The molecule has 0 saturated carbocycles. The molecule has 0 bridgehead atoms. The van der Waals surface area contributed by atoms with Gasteiger partial charge < -0.3 is 4.90 Å². The van der Waals surface area contributed by atoms with Crippen LogP contribution in [-0.2, 0) is 6.54 Å². The molecule has 3 aromatic carbocycles. The molecular weight excluding hydrogens is 458 g/mol. The molecule has 6 nitrogen and oxygen atoms in total. The lowest BCUT2D eigenvalue weighted by molar-refractivity contribution is 0.148. The number of fused-ring (bicyclic) bond motifs is 1. The summed E-state index contributed by atoms with van der Waals surface area (Å²) >= 11 is 0. The molecule has 0 atom stereocenters. The zero-order valence-electron chi connectivity index (χ0n) is 22.0. The summed E-state index contributed by atoms with van der Waals surface area (Å²) in [6.45, 7) is 11.4. The van der Waals surface area contributed by atoms with Crippen LogP contribution in [0.4, 0.5) is 11.4 Å². The molecule has 1 aliphatic rings. The van der Waals surface area contributed by atoms with Crippen molar-refractivity contribution < 1.29 is 5.21 Å². The Kier molecular flexibility index (Phi) is 6.94. The van der Waals surface area contributed by atoms with Crippen LogP contribution in [0.2, 0.25) is 0 Å². The fourth-order valence-corrected chi connectivity index (χ4v) is 5.05. The zero-order valence-corrected chi connectivity index (χ0v) is 22.0. The minimum atomic E-state index is 0.327. The number of piperazine rings is 1. The van der Waals surface area contributed by atoms with Crippen LogP contribution in [-0.4, -0.2) is 53.2 Å². The van der Waals surface area contributed by atoms with Crippen LogP contribution in [0.5, 0.6) is 0 Å². The topological polar surface area (TPSA) is 66.6 Å². The number of aromatic nitrogens is 1. The van der Waals surface area contributed by atoms with Gasteiger partial charge in [-0.2, -0.15) is 5.26 Å². The summed E-state index contributed by atoms with van der Waals surface area (Å²) in [5.74, 6) is 0. The highest BCUT2D eigenvalue weighted by Gasteiger charge is 2.19. The molecule has 5 rings (SSSR count). The van der Waals surface area contributed by atoms with Gasteiger partial charge in [-0.1, -0.05) is 24.3 Å². The van der Waals surface area contributed by atoms with E-state index in [1.807, 2.05) is 44.2 Å². The second-order valence-electron chi connectivity index (χ2n) is 10.2. The summed E-state index contributed by atoms with van der Waals surface area (Å²) in [5, 5.41) is 22.9. The van der Waals surface area contributed by atoms with Gasteiger partial charge in [0.25, 0.3) is 0 Å². The number of nitriles is 1. The van der Waals surface area contributed by atoms with Crippen molar-refractivity contribution in [3.8, 4) is 17.2 Å². The van der Waals surface area contributed by atoms with Gasteiger partial charge in [-0.3, -0.25) is 15.1 Å². The molecular formula is C31H33N5O. The second kappa shape index (κ2) is 10.3. The Labute approximate surface area is 219 Å². The van der Waals surface area contributed by atoms with E-state index >= 15 is 0 Å². The maximum absolute atomic E-state index is 11.3. The minimum absolute atomic E-state index is 0.327. The number of rotatable bonds is 5. The van der Waals surface area contributed by atoms with Gasteiger partial charge in [-0.15, -0.1) is 0 Å². The van der Waals surface area contributed by atoms with E-state index in [4.69, 9.17) is 0 Å². The molecule has 37 heavy (non-hydrogen) atoms. The van der Waals surface area contributed by atoms with Crippen molar-refractivity contribution in [2.45, 2.75) is 27.3 Å². The quantitative estimate of drug-likeness (QED) is 0.347. The number of hydrogen-bond acceptors (Lipinski definition) is 6. The first-order chi connectivity index (χ1) is 17.8. The molecule has 1 saturated heterocycles. The average Bonchev–Trinajstić information content (AvgIpc) is 2.91. The molecule has 4 aromatic rings. The van der Waals surface area contributed by atoms with Crippen LogP contribution >= 0.6 is 0 Å². The molecule has 1 aromatic heterocycles. The Bertz CT molecular complexity index is 1470. The lowest BCUT2D eigenvalue weighted by Crippen LogP contribution is -2.43. The average molecular weight is 492 g/mol. The monoisotopic (exact) mass is 491 g/mol. The van der Waals surface area contributed by atoms with Gasteiger partial charge in [0.1, 0.15) is 6.07 Å². The smallest absolute Gasteiger partial charge is 0.103 e. The molecule has 0 spiro atoms. The van der Waals surface area contributed by atoms with E-state index in [0.717, 1.165) is 70.9 Å². The van der Waals surface area contributed by atoms with Crippen LogP contribution < -0.4 is 5.06 Å². The molecule has 0 unspecified atom stereocenters. The Morgan fingerprint density at radius 1 is 0.946 bits per heavy atom. The van der Waals surface area contributed by atoms with Gasteiger partial charge in [0, 0.05) is 44.3 Å². The van der Waals surface area contributed by atoms with Gasteiger partial charge in [-0.25, -0.2) is 5.06 Å². The standard InChI is InChI=1S/C31H33N5O/c1-21-14-28(15-22(2)23(21)3)36(37)31-27(18-32)19-33-30-17-26(8-9-29(30)31)25-7-5-6-24(16-25)20-35-12-10-34(4)11-13-35/h5-9,14-17,19,37H,10-13,20H2,1-4H3. The van der Waals surface area contributed by atoms with E-state index in [9.17, 15) is 10.5 Å². The number of hydrogen-bond donors (Lipinski definition) is 1. The maximum Gasteiger partial charge on any atom is 0.103 e. The van der Waals surface area contributed by atoms with Crippen molar-refractivity contribution in [2.24, 2.45) is 0 Å². The largest absolute Gasteiger partial charge is 0.304 e. The normalized spacial score (nSPS) is 14.6. The fraction of sp³-hybridized carbons (Fsp3) is 0.290. The van der Waals surface area contributed by atoms with Gasteiger partial charge in [0.15, 0.2) is 0 Å². The van der Waals surface area contributed by atoms with Crippen molar-refractivity contribution in [3.05, 3.63) is 88.6 Å². The predicted octanol–water partition coefficient (Wildman–Crippen LogP) is 5.97. The summed E-state index contributed by atoms with van der Waals surface area (Å²) in [5.41, 5.74) is 8.99. The molecule has 0 amide bonds. The van der Waals surface area contributed by atoms with Crippen molar-refractivity contribution in [2.75, 3.05) is 38.3 Å². The summed E-state index contributed by atoms with van der Waals surface area (Å²) < 4.78 is 0. The molecule has 1 N–H and O–H groups in total. The highest BCUT2D eigenvalue weighted by Crippen LogP contribution is 2.36. The van der Waals surface area contributed by atoms with Crippen molar-refractivity contribution in [3.63, 3.8) is 0 Å². The van der Waals surface area contributed by atoms with E-state index in [2.05, 4.69) is 59.1 Å². The summed E-state index contributed by atoms with van der Waals surface area (Å²) in [4.78, 5) is 9.45. The first-order valence-corrected chi connectivity index (χ1v) is 12.7. The van der Waals surface area contributed by atoms with E-state index < -0.39 is 0 Å². The third-order valence-electron chi connectivity index (χ3n) is 7.59. The van der Waals surface area contributed by atoms with Crippen LogP contribution in [0, 0.1) is 32.1 Å². The molecule has 188 valence electrons. The molecule has 0 radical (unpaired) electrons. The summed E-state index contributed by atoms with van der Waals surface area (Å²) in [6.07, 6.45) is 1.54. The number of pyridine rings is 1. The summed E-state index contributed by atoms with van der Waals surface area (Å²) in [6, 6.07) is 20.8. The highest BCUT2D eigenvalue weighted by molar-refractivity contribution is 5.97. The molecule has 6 heteroatoms. The number of aryl methyl sites for hydroxylation is 2. The van der Waals surface area contributed by atoms with Gasteiger partial charge in [-0.05, 0) is 91.5 Å². The zero-order chi connectivity index (χ0) is 26.1. The number of likely N-dealkylation sites (N-methyl/N-ethyl adjacent to an activating group) is 1. The van der Waals surface area contributed by atoms with E-state index in [1.54, 1.807) is 6.20 Å². The SMILES string of the molecule is Cc1cc(N(O)c2c(C#N)cnc3cc(-c4cccc(CN5CCN(C)CC5)c4)ccc23)cc(C)c1C. The lowest BCUT2D eigenvalue weighted by Gasteiger charge is -2.32. The Morgan fingerprint density at radius 3 is 2.35 bits per heavy atom. The van der Waals surface area contributed by atoms with Crippen molar-refractivity contribution >= 4 is 22.3 Å². The van der Waals surface area contributed by atoms with E-state index in [1.165, 1.54) is 11.1 Å². The van der Waals surface area contributed by atoms with Crippen LogP contribution in [0.3, 0.4) is 0 Å². The first-order valence-electron chi connectivity index (χ1n) is 12.7. The van der Waals surface area contributed by atoms with Crippen molar-refractivity contribution in [1.29, 1.82) is 5.26 Å². The molecule has 2 heterocycles. The summed E-state index contributed by atoms with van der Waals surface area (Å²) in [7, 11) is 2.18. The van der Waals surface area contributed by atoms with Gasteiger partial charge in [0.2, 0.25) is 0 Å². The fourth-order valence-electron chi connectivity index (χ4n) is 5.05. The minimum Gasteiger partial charge on any atom is -0.304 e. The first kappa shape index (κ1) is 24.9. The van der Waals surface area contributed by atoms with Gasteiger partial charge in [0.05, 0.1) is 22.5 Å².